The van der Waals surface area contributed by atoms with Crippen molar-refractivity contribution >= 4 is 57.4 Å². The minimum absolute atomic E-state index is 0. The molecule has 2 N–H and O–H groups in total. The second-order valence-corrected chi connectivity index (χ2v) is 4.26. The van der Waals surface area contributed by atoms with E-state index in [4.69, 9.17) is 10.2 Å². The van der Waals surface area contributed by atoms with Crippen LogP contribution >= 0.6 is 0 Å². The SMILES string of the molecule is O=C([O-])C(O)c1ccccc1.O=C([O-])C(O)c1ccccc1.[Sr+2]. The van der Waals surface area contributed by atoms with Gasteiger partial charge in [0.25, 0.3) is 0 Å². The van der Waals surface area contributed by atoms with Crippen LogP contribution in [0, 0.1) is 0 Å². The van der Waals surface area contributed by atoms with Crippen LogP contribution in [-0.4, -0.2) is 67.6 Å². The van der Waals surface area contributed by atoms with E-state index in [0.717, 1.165) is 0 Å². The first-order chi connectivity index (χ1) is 10.4. The minimum Gasteiger partial charge on any atom is -0.547 e. The predicted molar refractivity (Wildman–Crippen MR) is 78.6 cm³/mol. The molecule has 2 rings (SSSR count). The number of rotatable bonds is 4. The van der Waals surface area contributed by atoms with E-state index < -0.39 is 24.1 Å². The zero-order chi connectivity index (χ0) is 16.5. The van der Waals surface area contributed by atoms with Crippen molar-refractivity contribution in [3.8, 4) is 0 Å². The molecule has 0 aromatic heterocycles. The average Bonchev–Trinajstić information content (AvgIpc) is 2.55. The number of hydrogen-bond acceptors (Lipinski definition) is 6. The van der Waals surface area contributed by atoms with E-state index in [1.165, 1.54) is 24.3 Å². The van der Waals surface area contributed by atoms with Crippen molar-refractivity contribution in [2.24, 2.45) is 0 Å². The van der Waals surface area contributed by atoms with Crippen molar-refractivity contribution in [1.82, 2.24) is 0 Å². The summed E-state index contributed by atoms with van der Waals surface area (Å²) in [5.74, 6) is -2.95. The van der Waals surface area contributed by atoms with Gasteiger partial charge in [0.2, 0.25) is 0 Å². The van der Waals surface area contributed by atoms with Gasteiger partial charge in [-0.1, -0.05) is 60.7 Å². The second-order valence-electron chi connectivity index (χ2n) is 4.26. The maximum Gasteiger partial charge on any atom is 2.00 e. The quantitative estimate of drug-likeness (QED) is 0.618. The van der Waals surface area contributed by atoms with Crippen molar-refractivity contribution in [3.63, 3.8) is 0 Å². The summed E-state index contributed by atoms with van der Waals surface area (Å²) in [6, 6.07) is 16.2. The van der Waals surface area contributed by atoms with E-state index in [2.05, 4.69) is 0 Å². The smallest absolute Gasteiger partial charge is 0.547 e. The first-order valence-electron chi connectivity index (χ1n) is 6.31. The molecular weight excluding hydrogens is 376 g/mol. The van der Waals surface area contributed by atoms with Gasteiger partial charge in [-0.2, -0.15) is 0 Å². The molecule has 0 aliphatic carbocycles. The molecule has 0 aliphatic heterocycles. The Kier molecular flexibility index (Phi) is 10.7. The molecule has 116 valence electrons. The van der Waals surface area contributed by atoms with Crippen LogP contribution < -0.4 is 10.2 Å². The monoisotopic (exact) mass is 390 g/mol. The predicted octanol–water partition coefficient (Wildman–Crippen LogP) is -1.44. The van der Waals surface area contributed by atoms with Crippen molar-refractivity contribution in [2.75, 3.05) is 0 Å². The summed E-state index contributed by atoms with van der Waals surface area (Å²) in [6.45, 7) is 0. The number of carboxylic acid groups (broad SMARTS) is 2. The molecule has 0 fully saturated rings. The van der Waals surface area contributed by atoms with Gasteiger partial charge in [-0.3, -0.25) is 0 Å². The van der Waals surface area contributed by atoms with Gasteiger partial charge in [0.1, 0.15) is 12.2 Å². The van der Waals surface area contributed by atoms with E-state index in [-0.39, 0.29) is 45.5 Å². The normalized spacial score (nSPS) is 11.9. The Morgan fingerprint density at radius 3 is 1.17 bits per heavy atom. The van der Waals surface area contributed by atoms with Crippen LogP contribution in [0.25, 0.3) is 0 Å². The van der Waals surface area contributed by atoms with E-state index >= 15 is 0 Å². The molecule has 0 bridgehead atoms. The van der Waals surface area contributed by atoms with Gasteiger partial charge in [-0.15, -0.1) is 0 Å². The zero-order valence-electron chi connectivity index (χ0n) is 12.2. The Hall–Kier alpha value is -1.22. The van der Waals surface area contributed by atoms with Crippen LogP contribution in [0.4, 0.5) is 0 Å². The molecule has 23 heavy (non-hydrogen) atoms. The second kappa shape index (κ2) is 11.3. The fraction of sp³-hybridized carbons (Fsp3) is 0.125. The Bertz CT molecular complexity index is 547. The first-order valence-corrected chi connectivity index (χ1v) is 6.31. The minimum atomic E-state index is -1.52. The van der Waals surface area contributed by atoms with Crippen LogP contribution in [-0.2, 0) is 9.59 Å². The third-order valence-corrected chi connectivity index (χ3v) is 2.68. The number of aliphatic hydroxyl groups is 2. The van der Waals surface area contributed by atoms with Gasteiger partial charge in [0, 0.05) is 0 Å². The van der Waals surface area contributed by atoms with Gasteiger partial charge >= 0.3 is 45.5 Å². The fourth-order valence-corrected chi connectivity index (χ4v) is 1.54. The zero-order valence-corrected chi connectivity index (χ0v) is 15.6. The number of hydrogen-bond donors (Lipinski definition) is 2. The number of carboxylic acids is 2. The van der Waals surface area contributed by atoms with Crippen LogP contribution in [0.5, 0.6) is 0 Å². The van der Waals surface area contributed by atoms with Crippen molar-refractivity contribution in [1.29, 1.82) is 0 Å². The number of carbonyl (C=O) groups excluding carboxylic acids is 2. The van der Waals surface area contributed by atoms with Crippen LogP contribution in [0.2, 0.25) is 0 Å². The van der Waals surface area contributed by atoms with Crippen molar-refractivity contribution in [3.05, 3.63) is 71.8 Å². The summed E-state index contributed by atoms with van der Waals surface area (Å²) in [7, 11) is 0. The molecule has 2 unspecified atom stereocenters. The molecule has 0 saturated heterocycles. The topological polar surface area (TPSA) is 121 Å². The third kappa shape index (κ3) is 7.74. The molecule has 7 heteroatoms. The Labute approximate surface area is 170 Å². The van der Waals surface area contributed by atoms with E-state index in [1.54, 1.807) is 36.4 Å². The van der Waals surface area contributed by atoms with Gasteiger partial charge < -0.3 is 30.0 Å². The molecule has 0 amide bonds. The molecule has 2 aromatic carbocycles. The summed E-state index contributed by atoms with van der Waals surface area (Å²) in [5, 5.41) is 38.1. The number of aliphatic carboxylic acids is 2. The largest absolute Gasteiger partial charge is 2.00 e. The van der Waals surface area contributed by atoms with Gasteiger partial charge in [-0.05, 0) is 11.1 Å². The molecule has 0 spiro atoms. The molecule has 0 radical (unpaired) electrons. The van der Waals surface area contributed by atoms with Gasteiger partial charge in [0.15, 0.2) is 0 Å². The third-order valence-electron chi connectivity index (χ3n) is 2.68. The van der Waals surface area contributed by atoms with Crippen LogP contribution in [0.15, 0.2) is 60.7 Å². The molecule has 0 heterocycles. The standard InChI is InChI=1S/2C8H8O3.Sr/c2*9-7(8(10)11)6-4-2-1-3-5-6;/h2*1-5,7,9H,(H,10,11);/q;;+2/p-2. The summed E-state index contributed by atoms with van der Waals surface area (Å²) >= 11 is 0. The Morgan fingerprint density at radius 2 is 0.957 bits per heavy atom. The number of benzene rings is 2. The van der Waals surface area contributed by atoms with Crippen molar-refractivity contribution in [2.45, 2.75) is 12.2 Å². The molecule has 2 aromatic rings. The van der Waals surface area contributed by atoms with Crippen LogP contribution in [0.3, 0.4) is 0 Å². The first kappa shape index (κ1) is 21.8. The summed E-state index contributed by atoms with van der Waals surface area (Å²) in [6.07, 6.45) is -3.03. The summed E-state index contributed by atoms with van der Waals surface area (Å²) in [4.78, 5) is 20.3. The van der Waals surface area contributed by atoms with E-state index in [9.17, 15) is 19.8 Å². The van der Waals surface area contributed by atoms with Gasteiger partial charge in [0.05, 0.1) is 11.9 Å². The summed E-state index contributed by atoms with van der Waals surface area (Å²) < 4.78 is 0. The number of aliphatic hydroxyl groups excluding tert-OH is 2. The molecular formula is C16H14O6Sr. The van der Waals surface area contributed by atoms with Gasteiger partial charge in [-0.25, -0.2) is 0 Å². The molecule has 6 nitrogen and oxygen atoms in total. The number of carbonyl (C=O) groups is 2. The maximum absolute atomic E-state index is 10.1. The Morgan fingerprint density at radius 1 is 0.696 bits per heavy atom. The molecule has 2 atom stereocenters. The molecule has 0 aliphatic rings. The van der Waals surface area contributed by atoms with Crippen molar-refractivity contribution < 1.29 is 30.0 Å². The molecule has 0 saturated carbocycles. The van der Waals surface area contributed by atoms with E-state index in [1.807, 2.05) is 0 Å². The fourth-order valence-electron chi connectivity index (χ4n) is 1.54. The average molecular weight is 390 g/mol. The van der Waals surface area contributed by atoms with Crippen LogP contribution in [0.1, 0.15) is 23.3 Å². The van der Waals surface area contributed by atoms with E-state index in [0.29, 0.717) is 11.1 Å². The maximum atomic E-state index is 10.1. The Balaban J connectivity index is 0.000000403. The summed E-state index contributed by atoms with van der Waals surface area (Å²) in [5.41, 5.74) is 0.681.